The molecule has 8 heteroatoms. The van der Waals surface area contributed by atoms with Crippen LogP contribution in [0.5, 0.6) is 0 Å². The maximum Gasteiger partial charge on any atom is 0.329 e. The van der Waals surface area contributed by atoms with Crippen LogP contribution in [0.1, 0.15) is 6.42 Å². The second-order valence-electron chi connectivity index (χ2n) is 5.09. The van der Waals surface area contributed by atoms with Crippen molar-refractivity contribution < 1.29 is 34.1 Å². The Kier molecular flexibility index (Phi) is 2.80. The molecular formula is C12H13NO7. The summed E-state index contributed by atoms with van der Waals surface area (Å²) in [5.74, 6) is -4.01. The van der Waals surface area contributed by atoms with Crippen molar-refractivity contribution >= 4 is 17.8 Å². The van der Waals surface area contributed by atoms with E-state index < -0.39 is 54.0 Å². The summed E-state index contributed by atoms with van der Waals surface area (Å²) in [6.45, 7) is 0.287. The lowest BCUT2D eigenvalue weighted by Gasteiger charge is -2.29. The number of amides is 1. The average Bonchev–Trinajstić information content (AvgIpc) is 2.81. The van der Waals surface area contributed by atoms with Crippen LogP contribution in [-0.2, 0) is 23.9 Å². The lowest BCUT2D eigenvalue weighted by Crippen LogP contribution is -2.52. The monoisotopic (exact) mass is 283 g/mol. The van der Waals surface area contributed by atoms with E-state index in [0.29, 0.717) is 0 Å². The van der Waals surface area contributed by atoms with Gasteiger partial charge in [0.1, 0.15) is 17.8 Å². The number of carbonyl (C=O) groups is 3. The molecule has 0 saturated carbocycles. The Balaban J connectivity index is 2.05. The van der Waals surface area contributed by atoms with E-state index in [9.17, 15) is 19.5 Å². The molecule has 0 spiro atoms. The number of fused-ring (bicyclic) bond motifs is 3. The number of hydrogen-bond acceptors (Lipinski definition) is 5. The molecule has 0 aromatic rings. The quantitative estimate of drug-likeness (QED) is 0.553. The number of hydrogen-bond donors (Lipinski definition) is 3. The molecule has 0 unspecified atom stereocenters. The Morgan fingerprint density at radius 2 is 2.20 bits per heavy atom. The third-order valence-corrected chi connectivity index (χ3v) is 3.98. The summed E-state index contributed by atoms with van der Waals surface area (Å²) >= 11 is 0. The van der Waals surface area contributed by atoms with Gasteiger partial charge in [0.2, 0.25) is 5.91 Å². The first-order valence-corrected chi connectivity index (χ1v) is 6.17. The van der Waals surface area contributed by atoms with Crippen molar-refractivity contribution in [2.75, 3.05) is 6.61 Å². The minimum absolute atomic E-state index is 0.287. The van der Waals surface area contributed by atoms with E-state index in [0.717, 1.165) is 0 Å². The second-order valence-corrected chi connectivity index (χ2v) is 5.09. The topological polar surface area (TPSA) is 122 Å². The Bertz CT molecular complexity index is 516. The Morgan fingerprint density at radius 3 is 2.85 bits per heavy atom. The van der Waals surface area contributed by atoms with Gasteiger partial charge in [-0.25, -0.2) is 4.79 Å². The van der Waals surface area contributed by atoms with Crippen LogP contribution < -0.4 is 5.32 Å². The second kappa shape index (κ2) is 4.29. The van der Waals surface area contributed by atoms with Crippen molar-refractivity contribution in [1.82, 2.24) is 5.32 Å². The van der Waals surface area contributed by atoms with Gasteiger partial charge in [0.05, 0.1) is 18.9 Å². The molecule has 2 fully saturated rings. The van der Waals surface area contributed by atoms with E-state index in [-0.39, 0.29) is 6.61 Å². The molecule has 3 rings (SSSR count). The molecule has 8 nitrogen and oxygen atoms in total. The summed E-state index contributed by atoms with van der Waals surface area (Å²) in [6.07, 6.45) is 1.56. The van der Waals surface area contributed by atoms with Crippen LogP contribution in [0.3, 0.4) is 0 Å². The van der Waals surface area contributed by atoms with E-state index in [1.54, 1.807) is 12.2 Å². The lowest BCUT2D eigenvalue weighted by atomic mass is 9.80. The summed E-state index contributed by atoms with van der Waals surface area (Å²) in [6, 6.07) is -1.39. The van der Waals surface area contributed by atoms with Crippen LogP contribution in [0.25, 0.3) is 0 Å². The van der Waals surface area contributed by atoms with Crippen molar-refractivity contribution in [3.63, 3.8) is 0 Å². The highest BCUT2D eigenvalue weighted by Gasteiger charge is 2.69. The van der Waals surface area contributed by atoms with Gasteiger partial charge in [0, 0.05) is 0 Å². The van der Waals surface area contributed by atoms with Crippen LogP contribution in [-0.4, -0.2) is 58.5 Å². The van der Waals surface area contributed by atoms with E-state index in [1.807, 2.05) is 0 Å². The number of carboxylic acid groups (broad SMARTS) is 2. The zero-order chi connectivity index (χ0) is 14.5. The van der Waals surface area contributed by atoms with Gasteiger partial charge in [0.25, 0.3) is 0 Å². The van der Waals surface area contributed by atoms with Crippen molar-refractivity contribution in [1.29, 1.82) is 0 Å². The first-order chi connectivity index (χ1) is 9.45. The van der Waals surface area contributed by atoms with Gasteiger partial charge >= 0.3 is 11.9 Å². The normalized spacial score (nSPS) is 41.9. The first-order valence-electron chi connectivity index (χ1n) is 6.17. The zero-order valence-electron chi connectivity index (χ0n) is 10.3. The molecule has 20 heavy (non-hydrogen) atoms. The highest BCUT2D eigenvalue weighted by Crippen LogP contribution is 2.47. The third-order valence-electron chi connectivity index (χ3n) is 3.98. The van der Waals surface area contributed by atoms with Crippen LogP contribution in [0.15, 0.2) is 12.2 Å². The molecule has 3 aliphatic heterocycles. The molecule has 3 heterocycles. The standard InChI is InChI=1S/C12H13NO7/c14-6(15)4-12-7(10(16)13-9(12)11(17)18)8-5(20-12)2-1-3-19-8/h1-2,5,7-9H,3-4H2,(H,13,16)(H,14,15)(H,17,18)/t5-,7+,8+,9-,12+/m1/s1. The predicted molar refractivity (Wildman–Crippen MR) is 61.8 cm³/mol. The molecule has 3 N–H and O–H groups in total. The fraction of sp³-hybridized carbons (Fsp3) is 0.583. The summed E-state index contributed by atoms with van der Waals surface area (Å²) in [7, 11) is 0. The van der Waals surface area contributed by atoms with Gasteiger partial charge in [-0.15, -0.1) is 0 Å². The minimum Gasteiger partial charge on any atom is -0.481 e. The molecule has 5 atom stereocenters. The molecule has 108 valence electrons. The molecule has 3 aliphatic rings. The first kappa shape index (κ1) is 13.1. The highest BCUT2D eigenvalue weighted by molar-refractivity contribution is 5.94. The van der Waals surface area contributed by atoms with Crippen molar-refractivity contribution in [2.45, 2.75) is 30.3 Å². The average molecular weight is 283 g/mol. The van der Waals surface area contributed by atoms with Crippen molar-refractivity contribution in [3.8, 4) is 0 Å². The van der Waals surface area contributed by atoms with E-state index >= 15 is 0 Å². The maximum absolute atomic E-state index is 12.1. The molecule has 1 amide bonds. The molecular weight excluding hydrogens is 270 g/mol. The zero-order valence-corrected chi connectivity index (χ0v) is 10.3. The molecule has 0 aromatic heterocycles. The van der Waals surface area contributed by atoms with E-state index in [1.165, 1.54) is 0 Å². The molecule has 0 radical (unpaired) electrons. The number of rotatable bonds is 3. The fourth-order valence-electron chi connectivity index (χ4n) is 3.29. The summed E-state index contributed by atoms with van der Waals surface area (Å²) in [5.41, 5.74) is -1.61. The fourth-order valence-corrected chi connectivity index (χ4v) is 3.29. The number of nitrogens with one attached hydrogen (secondary N) is 1. The Labute approximate surface area is 113 Å². The molecule has 2 saturated heterocycles. The molecule has 0 aliphatic carbocycles. The third kappa shape index (κ3) is 1.65. The van der Waals surface area contributed by atoms with Gasteiger partial charge in [-0.3, -0.25) is 9.59 Å². The Morgan fingerprint density at radius 1 is 1.45 bits per heavy atom. The number of carbonyl (C=O) groups excluding carboxylic acids is 1. The van der Waals surface area contributed by atoms with E-state index in [2.05, 4.69) is 5.32 Å². The lowest BCUT2D eigenvalue weighted by molar-refractivity contribution is -0.155. The SMILES string of the molecule is O=C(O)C[C@]12O[C@@H]3C=CCO[C@@H]3[C@H]1C(=O)N[C@@H]2C(=O)O. The predicted octanol–water partition coefficient (Wildman–Crippen LogP) is -1.25. The van der Waals surface area contributed by atoms with Gasteiger partial charge in [0.15, 0.2) is 6.04 Å². The minimum atomic E-state index is -1.61. The largest absolute Gasteiger partial charge is 0.481 e. The number of ether oxygens (including phenoxy) is 2. The molecule has 0 aromatic carbocycles. The summed E-state index contributed by atoms with van der Waals surface area (Å²) in [4.78, 5) is 34.5. The van der Waals surface area contributed by atoms with Gasteiger partial charge in [-0.2, -0.15) is 0 Å². The highest BCUT2D eigenvalue weighted by atomic mass is 16.6. The number of carboxylic acids is 2. The van der Waals surface area contributed by atoms with Crippen LogP contribution in [0, 0.1) is 5.92 Å². The number of aliphatic carboxylic acids is 2. The van der Waals surface area contributed by atoms with Crippen molar-refractivity contribution in [2.24, 2.45) is 5.92 Å². The van der Waals surface area contributed by atoms with Crippen LogP contribution >= 0.6 is 0 Å². The maximum atomic E-state index is 12.1. The summed E-state index contributed by atoms with van der Waals surface area (Å²) < 4.78 is 11.1. The van der Waals surface area contributed by atoms with Crippen molar-refractivity contribution in [3.05, 3.63) is 12.2 Å². The summed E-state index contributed by atoms with van der Waals surface area (Å²) in [5, 5.41) is 20.6. The van der Waals surface area contributed by atoms with E-state index in [4.69, 9.17) is 14.6 Å². The van der Waals surface area contributed by atoms with Gasteiger partial charge in [-0.1, -0.05) is 12.2 Å². The van der Waals surface area contributed by atoms with Gasteiger partial charge in [-0.05, 0) is 0 Å². The van der Waals surface area contributed by atoms with Crippen LogP contribution in [0.4, 0.5) is 0 Å². The van der Waals surface area contributed by atoms with Gasteiger partial charge < -0.3 is 25.0 Å². The molecule has 0 bridgehead atoms. The Hall–Kier alpha value is -1.93. The van der Waals surface area contributed by atoms with Crippen LogP contribution in [0.2, 0.25) is 0 Å². The smallest absolute Gasteiger partial charge is 0.329 e.